The summed E-state index contributed by atoms with van der Waals surface area (Å²) in [5, 5.41) is 3.63. The topological polar surface area (TPSA) is 21.3 Å². The molecule has 0 aliphatic rings. The molecule has 1 atom stereocenters. The number of benzene rings is 1. The second kappa shape index (κ2) is 8.34. The first-order chi connectivity index (χ1) is 9.14. The molecule has 1 unspecified atom stereocenters. The molecule has 0 aromatic heterocycles. The molecule has 0 amide bonds. The van der Waals surface area contributed by atoms with Gasteiger partial charge in [-0.1, -0.05) is 51.1 Å². The van der Waals surface area contributed by atoms with E-state index in [1.165, 1.54) is 5.56 Å². The minimum atomic E-state index is 0.187. The van der Waals surface area contributed by atoms with E-state index in [2.05, 4.69) is 56.4 Å². The molecular weight excluding hydrogens is 234 g/mol. The van der Waals surface area contributed by atoms with Gasteiger partial charge in [-0.25, -0.2) is 0 Å². The highest BCUT2D eigenvalue weighted by atomic mass is 16.5. The van der Waals surface area contributed by atoms with Crippen LogP contribution in [0.25, 0.3) is 0 Å². The van der Waals surface area contributed by atoms with Crippen LogP contribution in [0, 0.1) is 5.92 Å². The molecule has 0 saturated heterocycles. The van der Waals surface area contributed by atoms with Crippen LogP contribution in [0.2, 0.25) is 0 Å². The van der Waals surface area contributed by atoms with E-state index in [1.54, 1.807) is 7.11 Å². The quantitative estimate of drug-likeness (QED) is 0.735. The number of ether oxygens (including phenoxy) is 1. The molecule has 1 aromatic rings. The van der Waals surface area contributed by atoms with Crippen LogP contribution in [-0.4, -0.2) is 26.8 Å². The molecule has 108 valence electrons. The van der Waals surface area contributed by atoms with Crippen LogP contribution >= 0.6 is 0 Å². The van der Waals surface area contributed by atoms with Crippen LogP contribution in [0.4, 0.5) is 0 Å². The number of methoxy groups -OCH3 is 1. The molecule has 0 saturated carbocycles. The Labute approximate surface area is 118 Å². The van der Waals surface area contributed by atoms with Gasteiger partial charge in [0.15, 0.2) is 0 Å². The van der Waals surface area contributed by atoms with Crippen molar-refractivity contribution in [3.63, 3.8) is 0 Å². The summed E-state index contributed by atoms with van der Waals surface area (Å²) < 4.78 is 5.32. The Morgan fingerprint density at radius 2 is 1.89 bits per heavy atom. The van der Waals surface area contributed by atoms with Crippen LogP contribution in [0.5, 0.6) is 0 Å². The average molecular weight is 263 g/mol. The SMILES string of the molecule is CCC(CCOC)(CNCC(C)C)c1ccccc1. The Bertz CT molecular complexity index is 336. The average Bonchev–Trinajstić information content (AvgIpc) is 2.43. The van der Waals surface area contributed by atoms with Crippen molar-refractivity contribution < 1.29 is 4.74 Å². The van der Waals surface area contributed by atoms with E-state index in [-0.39, 0.29) is 5.41 Å². The summed E-state index contributed by atoms with van der Waals surface area (Å²) in [4.78, 5) is 0. The maximum atomic E-state index is 5.32. The normalized spacial score (nSPS) is 14.6. The van der Waals surface area contributed by atoms with Gasteiger partial charge in [0.05, 0.1) is 0 Å². The highest BCUT2D eigenvalue weighted by molar-refractivity contribution is 5.26. The monoisotopic (exact) mass is 263 g/mol. The smallest absolute Gasteiger partial charge is 0.0471 e. The van der Waals surface area contributed by atoms with E-state index < -0.39 is 0 Å². The van der Waals surface area contributed by atoms with Gasteiger partial charge < -0.3 is 10.1 Å². The molecule has 0 radical (unpaired) electrons. The second-order valence-electron chi connectivity index (χ2n) is 5.77. The molecule has 0 aliphatic heterocycles. The summed E-state index contributed by atoms with van der Waals surface area (Å²) in [6.07, 6.45) is 2.20. The Morgan fingerprint density at radius 3 is 2.42 bits per heavy atom. The summed E-state index contributed by atoms with van der Waals surface area (Å²) in [5.74, 6) is 0.688. The van der Waals surface area contributed by atoms with Crippen molar-refractivity contribution in [3.05, 3.63) is 35.9 Å². The number of rotatable bonds is 9. The second-order valence-corrected chi connectivity index (χ2v) is 5.77. The van der Waals surface area contributed by atoms with Crippen molar-refractivity contribution >= 4 is 0 Å². The summed E-state index contributed by atoms with van der Waals surface area (Å²) in [7, 11) is 1.78. The van der Waals surface area contributed by atoms with Gasteiger partial charge in [0.1, 0.15) is 0 Å². The van der Waals surface area contributed by atoms with E-state index in [9.17, 15) is 0 Å². The lowest BCUT2D eigenvalue weighted by molar-refractivity contribution is 0.162. The van der Waals surface area contributed by atoms with Crippen LogP contribution in [0.3, 0.4) is 0 Å². The molecule has 1 rings (SSSR count). The lowest BCUT2D eigenvalue weighted by Crippen LogP contribution is -2.40. The van der Waals surface area contributed by atoms with E-state index in [0.29, 0.717) is 5.92 Å². The van der Waals surface area contributed by atoms with Gasteiger partial charge >= 0.3 is 0 Å². The Balaban J connectivity index is 2.81. The van der Waals surface area contributed by atoms with Gasteiger partial charge in [0, 0.05) is 25.7 Å². The van der Waals surface area contributed by atoms with Crippen molar-refractivity contribution in [3.8, 4) is 0 Å². The Hall–Kier alpha value is -0.860. The molecule has 0 heterocycles. The first kappa shape index (κ1) is 16.2. The molecule has 2 heteroatoms. The van der Waals surface area contributed by atoms with Gasteiger partial charge in [-0.3, -0.25) is 0 Å². The van der Waals surface area contributed by atoms with Gasteiger partial charge in [-0.2, -0.15) is 0 Å². The van der Waals surface area contributed by atoms with Crippen molar-refractivity contribution in [2.75, 3.05) is 26.8 Å². The molecule has 0 fully saturated rings. The third-order valence-corrected chi connectivity index (χ3v) is 3.86. The first-order valence-electron chi connectivity index (χ1n) is 7.40. The van der Waals surface area contributed by atoms with E-state index in [4.69, 9.17) is 4.74 Å². The standard InChI is InChI=1S/C17H29NO/c1-5-17(11-12-19-4,14-18-13-15(2)3)16-9-7-6-8-10-16/h6-10,15,18H,5,11-14H2,1-4H3. The largest absolute Gasteiger partial charge is 0.385 e. The lowest BCUT2D eigenvalue weighted by atomic mass is 9.75. The van der Waals surface area contributed by atoms with Crippen molar-refractivity contribution in [1.29, 1.82) is 0 Å². The fourth-order valence-corrected chi connectivity index (χ4v) is 2.53. The summed E-state index contributed by atoms with van der Waals surface area (Å²) >= 11 is 0. The van der Waals surface area contributed by atoms with Crippen LogP contribution in [-0.2, 0) is 10.2 Å². The minimum Gasteiger partial charge on any atom is -0.385 e. The van der Waals surface area contributed by atoms with Crippen molar-refractivity contribution in [1.82, 2.24) is 5.32 Å². The number of hydrogen-bond acceptors (Lipinski definition) is 2. The van der Waals surface area contributed by atoms with Crippen LogP contribution in [0.15, 0.2) is 30.3 Å². The zero-order chi connectivity index (χ0) is 14.1. The van der Waals surface area contributed by atoms with Gasteiger partial charge in [0.25, 0.3) is 0 Å². The summed E-state index contributed by atoms with van der Waals surface area (Å²) in [5.41, 5.74) is 1.61. The molecule has 1 N–H and O–H groups in total. The minimum absolute atomic E-state index is 0.187. The molecular formula is C17H29NO. The predicted molar refractivity (Wildman–Crippen MR) is 82.6 cm³/mol. The van der Waals surface area contributed by atoms with E-state index >= 15 is 0 Å². The third-order valence-electron chi connectivity index (χ3n) is 3.86. The zero-order valence-corrected chi connectivity index (χ0v) is 12.9. The number of hydrogen-bond donors (Lipinski definition) is 1. The maximum Gasteiger partial charge on any atom is 0.0471 e. The zero-order valence-electron chi connectivity index (χ0n) is 12.9. The number of nitrogens with one attached hydrogen (secondary N) is 1. The first-order valence-corrected chi connectivity index (χ1v) is 7.40. The highest BCUT2D eigenvalue weighted by Crippen LogP contribution is 2.31. The molecule has 0 bridgehead atoms. The van der Waals surface area contributed by atoms with E-state index in [0.717, 1.165) is 32.5 Å². The fraction of sp³-hybridized carbons (Fsp3) is 0.647. The summed E-state index contributed by atoms with van der Waals surface area (Å²) in [6.45, 7) is 9.68. The maximum absolute atomic E-state index is 5.32. The molecule has 19 heavy (non-hydrogen) atoms. The van der Waals surface area contributed by atoms with E-state index in [1.807, 2.05) is 0 Å². The third kappa shape index (κ3) is 4.96. The van der Waals surface area contributed by atoms with Gasteiger partial charge in [0.2, 0.25) is 0 Å². The summed E-state index contributed by atoms with van der Waals surface area (Å²) in [6, 6.07) is 10.8. The lowest BCUT2D eigenvalue weighted by Gasteiger charge is -2.34. The molecule has 0 aliphatic carbocycles. The van der Waals surface area contributed by atoms with Crippen molar-refractivity contribution in [2.24, 2.45) is 5.92 Å². The highest BCUT2D eigenvalue weighted by Gasteiger charge is 2.29. The van der Waals surface area contributed by atoms with Gasteiger partial charge in [-0.15, -0.1) is 0 Å². The predicted octanol–water partition coefficient (Wildman–Crippen LogP) is 3.62. The van der Waals surface area contributed by atoms with Crippen molar-refractivity contribution in [2.45, 2.75) is 39.0 Å². The fourth-order valence-electron chi connectivity index (χ4n) is 2.53. The molecule has 1 aromatic carbocycles. The Morgan fingerprint density at radius 1 is 1.21 bits per heavy atom. The molecule has 0 spiro atoms. The van der Waals surface area contributed by atoms with Crippen LogP contribution in [0.1, 0.15) is 39.2 Å². The van der Waals surface area contributed by atoms with Gasteiger partial charge in [-0.05, 0) is 30.9 Å². The molecule has 2 nitrogen and oxygen atoms in total. The Kier molecular flexibility index (Phi) is 7.11. The van der Waals surface area contributed by atoms with Crippen LogP contribution < -0.4 is 5.32 Å².